The largest absolute Gasteiger partial charge is 0.384 e. The Labute approximate surface area is 71.6 Å². The lowest BCUT2D eigenvalue weighted by Crippen LogP contribution is -2.02. The summed E-state index contributed by atoms with van der Waals surface area (Å²) < 4.78 is 37.1. The van der Waals surface area contributed by atoms with E-state index in [-0.39, 0.29) is 5.82 Å². The van der Waals surface area contributed by atoms with Crippen molar-refractivity contribution in [1.82, 2.24) is 4.98 Å². The molecule has 2 N–H and O–H groups in total. The maximum absolute atomic E-state index is 12.8. The molecule has 0 aliphatic rings. The summed E-state index contributed by atoms with van der Waals surface area (Å²) in [5, 5.41) is 8.35. The summed E-state index contributed by atoms with van der Waals surface area (Å²) in [6, 6.07) is 2.00. The molecule has 1 aromatic heterocycles. The highest BCUT2D eigenvalue weighted by atomic mass is 19.3. The first-order valence-corrected chi connectivity index (χ1v) is 3.20. The Morgan fingerprint density at radius 1 is 1.54 bits per heavy atom. The van der Waals surface area contributed by atoms with Crippen molar-refractivity contribution < 1.29 is 13.2 Å². The van der Waals surface area contributed by atoms with Crippen molar-refractivity contribution in [2.45, 2.75) is 6.43 Å². The summed E-state index contributed by atoms with van der Waals surface area (Å²) in [5.41, 5.74) is 3.38. The van der Waals surface area contributed by atoms with Gasteiger partial charge in [-0.1, -0.05) is 0 Å². The first-order chi connectivity index (χ1) is 6.06. The number of halogens is 3. The Morgan fingerprint density at radius 2 is 2.15 bits per heavy atom. The molecule has 1 aromatic rings. The zero-order valence-electron chi connectivity index (χ0n) is 6.26. The third-order valence-electron chi connectivity index (χ3n) is 1.35. The van der Waals surface area contributed by atoms with Gasteiger partial charge >= 0.3 is 0 Å². The molecule has 3 nitrogen and oxygen atoms in total. The quantitative estimate of drug-likeness (QED) is 0.726. The van der Waals surface area contributed by atoms with Crippen LogP contribution in [0, 0.1) is 17.1 Å². The number of rotatable bonds is 1. The molecule has 0 aliphatic heterocycles. The number of nitrogens with two attached hydrogens (primary N) is 1. The predicted octanol–water partition coefficient (Wildman–Crippen LogP) is 1.61. The fourth-order valence-electron chi connectivity index (χ4n) is 0.835. The molecule has 0 atom stereocenters. The van der Waals surface area contributed by atoms with E-state index < -0.39 is 23.5 Å². The Hall–Kier alpha value is -1.77. The Balaban J connectivity index is 3.41. The van der Waals surface area contributed by atoms with Gasteiger partial charge < -0.3 is 5.73 Å². The summed E-state index contributed by atoms with van der Waals surface area (Å²) in [6.45, 7) is 0. The highest BCUT2D eigenvalue weighted by molar-refractivity contribution is 5.41. The molecule has 0 aromatic carbocycles. The van der Waals surface area contributed by atoms with Crippen molar-refractivity contribution in [2.75, 3.05) is 5.73 Å². The van der Waals surface area contributed by atoms with Gasteiger partial charge in [-0.15, -0.1) is 0 Å². The third kappa shape index (κ3) is 1.69. The second-order valence-electron chi connectivity index (χ2n) is 2.20. The van der Waals surface area contributed by atoms with E-state index in [1.165, 1.54) is 6.07 Å². The van der Waals surface area contributed by atoms with Gasteiger partial charge in [0.2, 0.25) is 0 Å². The third-order valence-corrected chi connectivity index (χ3v) is 1.35. The molecule has 0 saturated heterocycles. The molecule has 1 rings (SSSR count). The van der Waals surface area contributed by atoms with Gasteiger partial charge in [0.1, 0.15) is 17.7 Å². The first-order valence-electron chi connectivity index (χ1n) is 3.20. The number of nitriles is 1. The van der Waals surface area contributed by atoms with Crippen LogP contribution in [0.4, 0.5) is 19.0 Å². The summed E-state index contributed by atoms with van der Waals surface area (Å²) in [5.74, 6) is -1.50. The summed E-state index contributed by atoms with van der Waals surface area (Å²) in [4.78, 5) is 3.27. The lowest BCUT2D eigenvalue weighted by molar-refractivity contribution is 0.145. The Kier molecular flexibility index (Phi) is 2.37. The fraction of sp³-hybridized carbons (Fsp3) is 0.143. The predicted molar refractivity (Wildman–Crippen MR) is 38.3 cm³/mol. The van der Waals surface area contributed by atoms with Crippen LogP contribution in [0.25, 0.3) is 0 Å². The van der Waals surface area contributed by atoms with Gasteiger partial charge in [-0.2, -0.15) is 5.26 Å². The molecule has 0 bridgehead atoms. The maximum Gasteiger partial charge on any atom is 0.269 e. The lowest BCUT2D eigenvalue weighted by Gasteiger charge is -2.03. The fourth-order valence-corrected chi connectivity index (χ4v) is 0.835. The molecule has 6 heteroatoms. The maximum atomic E-state index is 12.8. The van der Waals surface area contributed by atoms with Crippen LogP contribution in [0.15, 0.2) is 6.07 Å². The van der Waals surface area contributed by atoms with Gasteiger partial charge in [0, 0.05) is 6.07 Å². The van der Waals surface area contributed by atoms with Crippen LogP contribution in [0.2, 0.25) is 0 Å². The van der Waals surface area contributed by atoms with Gasteiger partial charge in [-0.05, 0) is 0 Å². The molecule has 0 saturated carbocycles. The number of nitrogen functional groups attached to an aromatic ring is 1. The normalized spacial score (nSPS) is 10.1. The number of nitrogens with zero attached hydrogens (tertiary/aromatic N) is 2. The van der Waals surface area contributed by atoms with Crippen molar-refractivity contribution in [2.24, 2.45) is 0 Å². The van der Waals surface area contributed by atoms with Crippen molar-refractivity contribution >= 4 is 5.82 Å². The molecule has 0 radical (unpaired) electrons. The van der Waals surface area contributed by atoms with E-state index in [0.29, 0.717) is 6.07 Å². The van der Waals surface area contributed by atoms with Gasteiger partial charge in [0.05, 0.1) is 5.56 Å². The van der Waals surface area contributed by atoms with Gasteiger partial charge in [0.25, 0.3) is 6.43 Å². The van der Waals surface area contributed by atoms with Crippen LogP contribution in [0.3, 0.4) is 0 Å². The van der Waals surface area contributed by atoms with Crippen LogP contribution in [-0.4, -0.2) is 4.98 Å². The Bertz CT molecular complexity index is 370. The average Bonchev–Trinajstić information content (AvgIpc) is 2.01. The van der Waals surface area contributed by atoms with Crippen LogP contribution in [-0.2, 0) is 0 Å². The second-order valence-corrected chi connectivity index (χ2v) is 2.20. The van der Waals surface area contributed by atoms with Crippen molar-refractivity contribution in [3.05, 3.63) is 23.1 Å². The van der Waals surface area contributed by atoms with Crippen LogP contribution < -0.4 is 5.73 Å². The van der Waals surface area contributed by atoms with Crippen LogP contribution >= 0.6 is 0 Å². The molecule has 0 aliphatic carbocycles. The van der Waals surface area contributed by atoms with E-state index in [1.807, 2.05) is 0 Å². The summed E-state index contributed by atoms with van der Waals surface area (Å²) in [6.07, 6.45) is -3.07. The summed E-state index contributed by atoms with van der Waals surface area (Å²) >= 11 is 0. The highest BCUT2D eigenvalue weighted by Gasteiger charge is 2.20. The van der Waals surface area contributed by atoms with E-state index in [4.69, 9.17) is 11.0 Å². The molecule has 0 spiro atoms. The molecular weight excluding hydrogens is 183 g/mol. The van der Waals surface area contributed by atoms with E-state index in [0.717, 1.165) is 0 Å². The average molecular weight is 187 g/mol. The first kappa shape index (κ1) is 9.32. The van der Waals surface area contributed by atoms with E-state index in [2.05, 4.69) is 4.98 Å². The minimum absolute atomic E-state index is 0.293. The SMILES string of the molecule is N#Cc1nc(N)cc(F)c1C(F)F. The van der Waals surface area contributed by atoms with E-state index >= 15 is 0 Å². The number of aromatic nitrogens is 1. The summed E-state index contributed by atoms with van der Waals surface area (Å²) in [7, 11) is 0. The molecule has 0 fully saturated rings. The standard InChI is InChI=1S/C7H4F3N3/c8-3-1-5(12)13-4(2-11)6(3)7(9)10/h1,7H,(H2,12,13). The number of alkyl halides is 2. The van der Waals surface area contributed by atoms with Gasteiger partial charge in [-0.25, -0.2) is 18.2 Å². The van der Waals surface area contributed by atoms with Crippen molar-refractivity contribution in [1.29, 1.82) is 5.26 Å². The Morgan fingerprint density at radius 3 is 2.62 bits per heavy atom. The molecule has 68 valence electrons. The van der Waals surface area contributed by atoms with Crippen molar-refractivity contribution in [3.63, 3.8) is 0 Å². The van der Waals surface area contributed by atoms with E-state index in [1.54, 1.807) is 0 Å². The minimum Gasteiger partial charge on any atom is -0.384 e. The van der Waals surface area contributed by atoms with Crippen LogP contribution in [0.1, 0.15) is 17.7 Å². The van der Waals surface area contributed by atoms with E-state index in [9.17, 15) is 13.2 Å². The lowest BCUT2D eigenvalue weighted by atomic mass is 10.2. The van der Waals surface area contributed by atoms with Gasteiger partial charge in [0.15, 0.2) is 5.69 Å². The highest BCUT2D eigenvalue weighted by Crippen LogP contribution is 2.25. The number of pyridine rings is 1. The molecule has 1 heterocycles. The van der Waals surface area contributed by atoms with Crippen LogP contribution in [0.5, 0.6) is 0 Å². The monoisotopic (exact) mass is 187 g/mol. The number of anilines is 1. The second kappa shape index (κ2) is 3.31. The van der Waals surface area contributed by atoms with Crippen molar-refractivity contribution in [3.8, 4) is 6.07 Å². The zero-order valence-corrected chi connectivity index (χ0v) is 6.26. The smallest absolute Gasteiger partial charge is 0.269 e. The zero-order chi connectivity index (χ0) is 10.0. The number of hydrogen-bond donors (Lipinski definition) is 1. The van der Waals surface area contributed by atoms with Gasteiger partial charge in [-0.3, -0.25) is 0 Å². The molecule has 0 unspecified atom stereocenters. The number of hydrogen-bond acceptors (Lipinski definition) is 3. The topological polar surface area (TPSA) is 62.7 Å². The minimum atomic E-state index is -3.07. The molecular formula is C7H4F3N3. The molecule has 13 heavy (non-hydrogen) atoms. The molecule has 0 amide bonds.